The number of esters is 1. The monoisotopic (exact) mass is 565 g/mol. The van der Waals surface area contributed by atoms with Gasteiger partial charge < -0.3 is 38.3 Å². The maximum atomic E-state index is 12.4. The van der Waals surface area contributed by atoms with Gasteiger partial charge in [-0.05, 0) is 36.3 Å². The molecule has 0 saturated carbocycles. The average molecular weight is 567 g/mol. The fourth-order valence-electron chi connectivity index (χ4n) is 1.93. The van der Waals surface area contributed by atoms with Crippen molar-refractivity contribution in [3.8, 4) is 0 Å². The Morgan fingerprint density at radius 2 is 1.51 bits per heavy atom. The zero-order chi connectivity index (χ0) is 34.9. The molecule has 2 aromatic rings. The zero-order valence-electron chi connectivity index (χ0n) is 28.9. The van der Waals surface area contributed by atoms with Crippen LogP contribution in [0.15, 0.2) is 36.3 Å². The van der Waals surface area contributed by atoms with E-state index >= 15 is 0 Å². The SMILES string of the molecule is [2H]c1cc(C(=O)C([2H])([2H])[C@]([2H])(N)C(=O)OC([2H])([2H])[2H])c(N)c([2H])c1Cl.[2H]c1cc(C(=O)C[C@]([2H])(N)C(=O)O)c(N)c([2H])c1Cl.[K+].[OH-]. The van der Waals surface area contributed by atoms with Crippen LogP contribution in [0, 0.1) is 0 Å². The van der Waals surface area contributed by atoms with Gasteiger partial charge in [0.05, 0.1) is 19.4 Å². The van der Waals surface area contributed by atoms with Crippen molar-refractivity contribution >= 4 is 58.1 Å². The van der Waals surface area contributed by atoms with E-state index in [-0.39, 0.29) is 90.2 Å². The van der Waals surface area contributed by atoms with Gasteiger partial charge in [-0.1, -0.05) is 23.2 Å². The molecule has 0 aliphatic heterocycles. The smallest absolute Gasteiger partial charge is 0.870 e. The molecule has 2 aromatic carbocycles. The maximum Gasteiger partial charge on any atom is 1.00 e. The molecular formula is C21H25Cl2KN4O7. The molecule has 0 saturated heterocycles. The number of anilines is 2. The molecule has 10 N–H and O–H groups in total. The first-order chi connectivity index (χ1) is 19.6. The summed E-state index contributed by atoms with van der Waals surface area (Å²) >= 11 is 11.2. The summed E-state index contributed by atoms with van der Waals surface area (Å²) in [6.45, 7) is 0. The molecule has 0 fully saturated rings. The van der Waals surface area contributed by atoms with Crippen molar-refractivity contribution in [2.75, 3.05) is 18.5 Å². The summed E-state index contributed by atoms with van der Waals surface area (Å²) < 4.78 is 84.7. The number of hydrogen-bond donors (Lipinski definition) is 5. The molecule has 0 unspecified atom stereocenters. The van der Waals surface area contributed by atoms with Gasteiger partial charge in [0, 0.05) is 48.1 Å². The Labute approximate surface area is 269 Å². The Kier molecular flexibility index (Phi) is 9.47. The van der Waals surface area contributed by atoms with E-state index in [9.17, 15) is 19.2 Å². The van der Waals surface area contributed by atoms with E-state index in [1.165, 1.54) is 0 Å². The number of carboxylic acid groups (broad SMARTS) is 1. The van der Waals surface area contributed by atoms with Gasteiger partial charge in [-0.15, -0.1) is 0 Å². The molecule has 0 aromatic heterocycles. The molecule has 0 bridgehead atoms. The molecule has 0 aliphatic rings. The minimum atomic E-state index is -3.49. The second kappa shape index (κ2) is 17.0. The Hall–Kier alpha value is -1.58. The number of halogens is 2. The average Bonchev–Trinajstić information content (AvgIpc) is 2.88. The van der Waals surface area contributed by atoms with Crippen LogP contribution in [-0.4, -0.2) is 53.2 Å². The summed E-state index contributed by atoms with van der Waals surface area (Å²) in [5.74, 6) is -6.11. The largest absolute Gasteiger partial charge is 1.00 e. The second-order valence-corrected chi connectivity index (χ2v) is 6.55. The van der Waals surface area contributed by atoms with Crippen LogP contribution in [0.2, 0.25) is 10.0 Å². The molecule has 0 radical (unpaired) electrons. The molecule has 0 heterocycles. The standard InChI is InChI=1S/C11H13ClN2O3.C10H11ClN2O3.K.H2O/c1-17-11(16)9(14)5-10(15)7-3-2-6(12)4-8(7)13;11-5-1-2-6(7(12)3-5)9(14)4-8(13)10(15)16;;/h2-4,9H,5,13-14H2,1H3;1-3,8H,4,12-13H2,(H,15,16);;1H2/q;;+1;/p-1/t9-;8-;;/m00../s1/i1D3,2D,4D,5D2,9D;1D,3D,8D;;. The molecule has 14 heteroatoms. The first-order valence-electron chi connectivity index (χ1n) is 13.8. The van der Waals surface area contributed by atoms with Crippen molar-refractivity contribution in [1.29, 1.82) is 0 Å². The van der Waals surface area contributed by atoms with Gasteiger partial charge >= 0.3 is 63.3 Å². The number of nitrogen functional groups attached to an aromatic ring is 2. The predicted molar refractivity (Wildman–Crippen MR) is 127 cm³/mol. The number of rotatable bonds is 8. The summed E-state index contributed by atoms with van der Waals surface area (Å²) in [6.07, 6.45) is -4.32. The van der Waals surface area contributed by atoms with Crippen LogP contribution < -0.4 is 74.3 Å². The molecule has 0 amide bonds. The number of ether oxygens (including phenoxy) is 1. The molecule has 35 heavy (non-hydrogen) atoms. The summed E-state index contributed by atoms with van der Waals surface area (Å²) in [6, 6.07) is -5.96. The number of Topliss-reactive ketones (excluding diaryl/α,β-unsaturated/α-hetero) is 2. The van der Waals surface area contributed by atoms with Crippen molar-refractivity contribution in [1.82, 2.24) is 0 Å². The van der Waals surface area contributed by atoms with E-state index in [0.29, 0.717) is 0 Å². The number of carbonyl (C=O) groups excluding carboxylic acids is 3. The minimum absolute atomic E-state index is 0. The number of aliphatic carboxylic acids is 1. The second-order valence-electron chi connectivity index (χ2n) is 5.80. The summed E-state index contributed by atoms with van der Waals surface area (Å²) in [5.41, 5.74) is 19.6. The van der Waals surface area contributed by atoms with Gasteiger partial charge in [0.1, 0.15) is 12.0 Å². The van der Waals surface area contributed by atoms with Gasteiger partial charge in [-0.3, -0.25) is 19.2 Å². The third kappa shape index (κ3) is 11.8. The van der Waals surface area contributed by atoms with Crippen molar-refractivity contribution in [2.24, 2.45) is 11.5 Å². The Morgan fingerprint density at radius 1 is 1.06 bits per heavy atom. The van der Waals surface area contributed by atoms with Crippen molar-refractivity contribution in [3.05, 3.63) is 57.5 Å². The van der Waals surface area contributed by atoms with E-state index in [0.717, 1.165) is 12.1 Å². The molecule has 2 atom stereocenters. The summed E-state index contributed by atoms with van der Waals surface area (Å²) in [7, 11) is -3.30. The number of carbonyl (C=O) groups is 4. The minimum Gasteiger partial charge on any atom is -0.870 e. The van der Waals surface area contributed by atoms with Crippen LogP contribution in [0.1, 0.15) is 48.6 Å². The van der Waals surface area contributed by atoms with Crippen LogP contribution in [0.4, 0.5) is 11.4 Å². The Morgan fingerprint density at radius 3 is 1.94 bits per heavy atom. The molecule has 0 aliphatic carbocycles. The molecule has 11 nitrogen and oxygen atoms in total. The number of methoxy groups -OCH3 is 1. The van der Waals surface area contributed by atoms with E-state index in [1.807, 2.05) is 0 Å². The molecule has 0 spiro atoms. The van der Waals surface area contributed by atoms with Crippen molar-refractivity contribution < 1.29 is 101 Å². The summed E-state index contributed by atoms with van der Waals surface area (Å²) in [4.78, 5) is 46.6. The zero-order valence-corrected chi connectivity index (χ0v) is 22.5. The topological polar surface area (TPSA) is 232 Å². The van der Waals surface area contributed by atoms with Crippen LogP contribution in [0.3, 0.4) is 0 Å². The van der Waals surface area contributed by atoms with E-state index < -0.39 is 78.7 Å². The number of ketones is 2. The Bertz CT molecular complexity index is 1530. The van der Waals surface area contributed by atoms with Crippen molar-refractivity contribution in [2.45, 2.75) is 24.8 Å². The predicted octanol–water partition coefficient (Wildman–Crippen LogP) is -1.27. The fourth-order valence-corrected chi connectivity index (χ4v) is 2.24. The third-order valence-electron chi connectivity index (χ3n) is 3.49. The fraction of sp³-hybridized carbons (Fsp3) is 0.238. The van der Waals surface area contributed by atoms with Crippen molar-refractivity contribution in [3.63, 3.8) is 0 Å². The first kappa shape index (κ1) is 19.5. The van der Waals surface area contributed by atoms with Crippen LogP contribution >= 0.6 is 23.2 Å². The normalized spacial score (nSPS) is 18.5. The maximum absolute atomic E-state index is 12.4. The summed E-state index contributed by atoms with van der Waals surface area (Å²) in [5, 5.41) is 8.07. The molecular weight excluding hydrogens is 530 g/mol. The number of hydrogen-bond acceptors (Lipinski definition) is 10. The van der Waals surface area contributed by atoms with Gasteiger partial charge in [0.25, 0.3) is 0 Å². The van der Waals surface area contributed by atoms with E-state index in [2.05, 4.69) is 4.74 Å². The van der Waals surface area contributed by atoms with E-state index in [4.69, 9.17) is 66.3 Å². The quantitative estimate of drug-likeness (QED) is 0.109. The molecule has 186 valence electrons. The van der Waals surface area contributed by atoms with E-state index in [1.54, 1.807) is 0 Å². The van der Waals surface area contributed by atoms with Gasteiger partial charge in [0.2, 0.25) is 0 Å². The Balaban J connectivity index is 0. The first-order valence-corrected chi connectivity index (χ1v) is 9.10. The number of carboxylic acids is 1. The van der Waals surface area contributed by atoms with Crippen LogP contribution in [0.25, 0.3) is 0 Å². The van der Waals surface area contributed by atoms with Gasteiger partial charge in [-0.25, -0.2) is 0 Å². The third-order valence-corrected chi connectivity index (χ3v) is 3.89. The van der Waals surface area contributed by atoms with Crippen LogP contribution in [0.5, 0.6) is 0 Å². The van der Waals surface area contributed by atoms with Gasteiger partial charge in [0.15, 0.2) is 11.6 Å². The molecule has 2 rings (SSSR count). The number of benzene rings is 2. The van der Waals surface area contributed by atoms with Crippen LogP contribution in [-0.2, 0) is 14.3 Å². The number of nitrogens with two attached hydrogens (primary N) is 4. The van der Waals surface area contributed by atoms with Gasteiger partial charge in [-0.2, -0.15) is 0 Å².